The van der Waals surface area contributed by atoms with Crippen molar-refractivity contribution in [1.82, 2.24) is 15.0 Å². The smallest absolute Gasteiger partial charge is 0.170 e. The summed E-state index contributed by atoms with van der Waals surface area (Å²) in [6.45, 7) is 2.50. The van der Waals surface area contributed by atoms with Gasteiger partial charge in [0.25, 0.3) is 0 Å². The minimum atomic E-state index is -0.305. The van der Waals surface area contributed by atoms with Crippen LogP contribution in [-0.4, -0.2) is 41.8 Å². The third kappa shape index (κ3) is 3.97. The predicted octanol–water partition coefficient (Wildman–Crippen LogP) is 5.45. The molecule has 3 heterocycles. The van der Waals surface area contributed by atoms with Crippen LogP contribution in [-0.2, 0) is 0 Å². The third-order valence-corrected chi connectivity index (χ3v) is 6.08. The van der Waals surface area contributed by atoms with E-state index < -0.39 is 0 Å². The largest absolute Gasteiger partial charge is 0.493 e. The number of benzene rings is 2. The van der Waals surface area contributed by atoms with E-state index in [1.54, 1.807) is 13.2 Å². The lowest BCUT2D eigenvalue weighted by Gasteiger charge is -2.34. The number of hydrogen-bond acceptors (Lipinski definition) is 5. The number of likely N-dealkylation sites (tertiary alicyclic amines) is 1. The molecule has 162 valence electrons. The summed E-state index contributed by atoms with van der Waals surface area (Å²) in [7, 11) is 1.66. The number of hydrogen-bond donors (Lipinski definition) is 1. The van der Waals surface area contributed by atoms with E-state index in [0.717, 1.165) is 65.8 Å². The van der Waals surface area contributed by atoms with Crippen molar-refractivity contribution in [2.75, 3.05) is 26.8 Å². The van der Waals surface area contributed by atoms with Crippen molar-refractivity contribution in [2.45, 2.75) is 31.7 Å². The molecule has 0 radical (unpaired) electrons. The third-order valence-electron chi connectivity index (χ3n) is 6.08. The number of aromatic nitrogens is 2. The molecule has 31 heavy (non-hydrogen) atoms. The average Bonchev–Trinajstić information content (AvgIpc) is 3.42. The molecule has 6 nitrogen and oxygen atoms in total. The number of halogens is 1. The van der Waals surface area contributed by atoms with Crippen molar-refractivity contribution in [3.05, 3.63) is 54.1 Å². The van der Waals surface area contributed by atoms with Crippen LogP contribution in [0.15, 0.2) is 47.1 Å². The summed E-state index contributed by atoms with van der Waals surface area (Å²) in [6, 6.07) is 10.8. The Labute approximate surface area is 179 Å². The van der Waals surface area contributed by atoms with Crippen LogP contribution >= 0.6 is 0 Å². The van der Waals surface area contributed by atoms with Crippen LogP contribution in [0.4, 0.5) is 4.39 Å². The zero-order valence-corrected chi connectivity index (χ0v) is 17.6. The Kier molecular flexibility index (Phi) is 5.51. The minimum Gasteiger partial charge on any atom is -0.493 e. The first-order valence-electron chi connectivity index (χ1n) is 10.8. The fourth-order valence-corrected chi connectivity index (χ4v) is 4.52. The highest BCUT2D eigenvalue weighted by molar-refractivity contribution is 5.83. The minimum absolute atomic E-state index is 0.185. The Hall–Kier alpha value is -3.06. The maximum atomic E-state index is 13.5. The normalized spacial score (nSPS) is 17.4. The fraction of sp³-hybridized carbons (Fsp3) is 0.375. The van der Waals surface area contributed by atoms with E-state index >= 15 is 0 Å². The summed E-state index contributed by atoms with van der Waals surface area (Å²) >= 11 is 0. The summed E-state index contributed by atoms with van der Waals surface area (Å²) in [6.07, 6.45) is 6.13. The van der Waals surface area contributed by atoms with Crippen molar-refractivity contribution < 1.29 is 18.4 Å². The zero-order chi connectivity index (χ0) is 21.2. The van der Waals surface area contributed by atoms with Crippen LogP contribution in [0.25, 0.3) is 21.9 Å². The number of ether oxygens (including phenoxy) is 2. The first-order chi connectivity index (χ1) is 15.2. The lowest BCUT2D eigenvalue weighted by Crippen LogP contribution is -2.35. The van der Waals surface area contributed by atoms with Crippen LogP contribution in [0.5, 0.6) is 11.5 Å². The van der Waals surface area contributed by atoms with Crippen LogP contribution in [0.3, 0.4) is 0 Å². The lowest BCUT2D eigenvalue weighted by molar-refractivity contribution is 0.132. The van der Waals surface area contributed by atoms with E-state index in [-0.39, 0.29) is 11.9 Å². The maximum absolute atomic E-state index is 13.5. The Bertz CT molecular complexity index is 1190. The number of fused-ring (bicyclic) bond motifs is 2. The van der Waals surface area contributed by atoms with Crippen molar-refractivity contribution >= 4 is 21.9 Å². The number of H-pyrrole nitrogens is 1. The molecule has 0 bridgehead atoms. The zero-order valence-electron chi connectivity index (χ0n) is 17.6. The van der Waals surface area contributed by atoms with Gasteiger partial charge in [0, 0.05) is 41.2 Å². The second-order valence-electron chi connectivity index (χ2n) is 8.03. The molecule has 0 spiro atoms. The summed E-state index contributed by atoms with van der Waals surface area (Å²) in [5.74, 6) is 1.18. The number of nitrogens with zero attached hydrogens (tertiary/aromatic N) is 2. The molecule has 0 aliphatic carbocycles. The molecule has 4 aromatic rings. The van der Waals surface area contributed by atoms with Gasteiger partial charge in [-0.15, -0.1) is 0 Å². The van der Waals surface area contributed by atoms with Gasteiger partial charge in [-0.1, -0.05) is 11.6 Å². The van der Waals surface area contributed by atoms with Crippen LogP contribution < -0.4 is 9.47 Å². The topological polar surface area (TPSA) is 63.5 Å². The molecule has 1 saturated heterocycles. The highest BCUT2D eigenvalue weighted by Crippen LogP contribution is 2.35. The fourth-order valence-electron chi connectivity index (χ4n) is 4.52. The standard InChI is InChI=1S/C24H26FN3O3/c1-29-22-13-16-8-9-26-19(16)15-23(22)30-12-4-11-28-10-3-2-5-20(28)24-18-7-6-17(25)14-21(18)31-27-24/h6-9,13-15,20,26H,2-5,10-12H2,1H3. The number of methoxy groups -OCH3 is 1. The molecule has 1 unspecified atom stereocenters. The molecule has 0 amide bonds. The number of piperidine rings is 1. The molecule has 1 fully saturated rings. The summed E-state index contributed by atoms with van der Waals surface area (Å²) in [5, 5.41) is 6.30. The predicted molar refractivity (Wildman–Crippen MR) is 117 cm³/mol. The molecule has 1 N–H and O–H groups in total. The first-order valence-corrected chi connectivity index (χ1v) is 10.8. The van der Waals surface area contributed by atoms with Gasteiger partial charge in [0.2, 0.25) is 0 Å². The Balaban J connectivity index is 1.25. The SMILES string of the molecule is COc1cc2cc[nH]c2cc1OCCCN1CCCCC1c1noc2cc(F)ccc12. The molecule has 1 aliphatic heterocycles. The van der Waals surface area contributed by atoms with E-state index in [2.05, 4.69) is 15.0 Å². The van der Waals surface area contributed by atoms with Gasteiger partial charge in [0.15, 0.2) is 17.1 Å². The van der Waals surface area contributed by atoms with Gasteiger partial charge in [-0.2, -0.15) is 0 Å². The monoisotopic (exact) mass is 423 g/mol. The van der Waals surface area contributed by atoms with Gasteiger partial charge < -0.3 is 19.0 Å². The average molecular weight is 423 g/mol. The van der Waals surface area contributed by atoms with Crippen molar-refractivity contribution in [3.8, 4) is 11.5 Å². The van der Waals surface area contributed by atoms with Crippen LogP contribution in [0.2, 0.25) is 0 Å². The maximum Gasteiger partial charge on any atom is 0.170 e. The van der Waals surface area contributed by atoms with Gasteiger partial charge in [0.05, 0.1) is 19.8 Å². The first kappa shape index (κ1) is 19.9. The molecule has 2 aromatic carbocycles. The number of rotatable bonds is 7. The van der Waals surface area contributed by atoms with Gasteiger partial charge >= 0.3 is 0 Å². The number of nitrogens with one attached hydrogen (secondary N) is 1. The molecule has 0 saturated carbocycles. The molecule has 2 aromatic heterocycles. The van der Waals surface area contributed by atoms with Crippen LogP contribution in [0, 0.1) is 5.82 Å². The van der Waals surface area contributed by atoms with Gasteiger partial charge in [-0.05, 0) is 50.1 Å². The molecule has 5 rings (SSSR count). The molecular weight excluding hydrogens is 397 g/mol. The van der Waals surface area contributed by atoms with E-state index in [4.69, 9.17) is 14.0 Å². The van der Waals surface area contributed by atoms with Gasteiger partial charge in [0.1, 0.15) is 11.5 Å². The molecule has 1 aliphatic rings. The Morgan fingerprint density at radius 2 is 2.13 bits per heavy atom. The van der Waals surface area contributed by atoms with Crippen molar-refractivity contribution in [1.29, 1.82) is 0 Å². The van der Waals surface area contributed by atoms with E-state index in [9.17, 15) is 4.39 Å². The van der Waals surface area contributed by atoms with Crippen LogP contribution in [0.1, 0.15) is 37.4 Å². The summed E-state index contributed by atoms with van der Waals surface area (Å²) in [4.78, 5) is 5.65. The molecule has 1 atom stereocenters. The number of aromatic amines is 1. The molecule has 7 heteroatoms. The van der Waals surface area contributed by atoms with Gasteiger partial charge in [-0.25, -0.2) is 4.39 Å². The second kappa shape index (κ2) is 8.59. The van der Waals surface area contributed by atoms with E-state index in [1.165, 1.54) is 18.6 Å². The van der Waals surface area contributed by atoms with Gasteiger partial charge in [-0.3, -0.25) is 4.90 Å². The lowest BCUT2D eigenvalue weighted by atomic mass is 9.97. The summed E-state index contributed by atoms with van der Waals surface area (Å²) in [5.41, 5.74) is 2.45. The Morgan fingerprint density at radius 1 is 1.19 bits per heavy atom. The van der Waals surface area contributed by atoms with Crippen molar-refractivity contribution in [3.63, 3.8) is 0 Å². The highest BCUT2D eigenvalue weighted by Gasteiger charge is 2.28. The Morgan fingerprint density at radius 3 is 3.03 bits per heavy atom. The second-order valence-corrected chi connectivity index (χ2v) is 8.03. The highest BCUT2D eigenvalue weighted by atomic mass is 19.1. The van der Waals surface area contributed by atoms with Crippen molar-refractivity contribution in [2.24, 2.45) is 0 Å². The van der Waals surface area contributed by atoms with E-state index in [0.29, 0.717) is 12.2 Å². The summed E-state index contributed by atoms with van der Waals surface area (Å²) < 4.78 is 30.5. The molecular formula is C24H26FN3O3. The van der Waals surface area contributed by atoms with E-state index in [1.807, 2.05) is 24.4 Å². The quantitative estimate of drug-likeness (QED) is 0.400.